The van der Waals surface area contributed by atoms with E-state index in [-0.39, 0.29) is 24.2 Å². The molecule has 0 aliphatic carbocycles. The van der Waals surface area contributed by atoms with Gasteiger partial charge in [-0.1, -0.05) is 30.0 Å². The van der Waals surface area contributed by atoms with Crippen LogP contribution in [0.5, 0.6) is 0 Å². The Hall–Kier alpha value is -3.28. The standard InChI is InChI=1S/C26H25N5O2S.ClH/c27-16-19-6-1-2-7-21(19)26(33)30-13-10-18(11-14-30)5-4-12-28-25(32)22-15-20-17-29-23-8-3-9-24(34-22)31(20)23;/h1-3,6-9,15,17-18H,4-5,10-14H2,(H,28,32);1H. The molecule has 0 spiro atoms. The van der Waals surface area contributed by atoms with Crippen LogP contribution >= 0.6 is 24.2 Å². The van der Waals surface area contributed by atoms with Crippen molar-refractivity contribution in [3.63, 3.8) is 0 Å². The summed E-state index contributed by atoms with van der Waals surface area (Å²) in [6.07, 6.45) is 7.52. The summed E-state index contributed by atoms with van der Waals surface area (Å²) in [6.45, 7) is 2.05. The second-order valence-corrected chi connectivity index (χ2v) is 9.70. The maximum absolute atomic E-state index is 12.8. The van der Waals surface area contributed by atoms with E-state index in [0.29, 0.717) is 41.6 Å². The maximum Gasteiger partial charge on any atom is 0.258 e. The fraction of sp³-hybridized carbons (Fsp3) is 0.308. The van der Waals surface area contributed by atoms with Crippen LogP contribution in [-0.4, -0.2) is 45.7 Å². The van der Waals surface area contributed by atoms with Gasteiger partial charge in [-0.15, -0.1) is 12.4 Å². The highest BCUT2D eigenvalue weighted by molar-refractivity contribution is 8.04. The molecule has 0 bridgehead atoms. The Morgan fingerprint density at radius 2 is 1.94 bits per heavy atom. The van der Waals surface area contributed by atoms with Gasteiger partial charge in [0.25, 0.3) is 11.8 Å². The molecule has 35 heavy (non-hydrogen) atoms. The van der Waals surface area contributed by atoms with Gasteiger partial charge in [0.05, 0.1) is 39.0 Å². The predicted molar refractivity (Wildman–Crippen MR) is 138 cm³/mol. The fourth-order valence-electron chi connectivity index (χ4n) is 4.64. The Bertz CT molecular complexity index is 1320. The number of likely N-dealkylation sites (tertiary alicyclic amines) is 1. The molecular formula is C26H26ClN5O2S. The molecule has 0 unspecified atom stereocenters. The summed E-state index contributed by atoms with van der Waals surface area (Å²) in [5, 5.41) is 13.3. The molecule has 7 nitrogen and oxygen atoms in total. The number of aromatic nitrogens is 2. The van der Waals surface area contributed by atoms with Gasteiger partial charge >= 0.3 is 0 Å². The van der Waals surface area contributed by atoms with Crippen LogP contribution in [0.15, 0.2) is 58.6 Å². The first-order valence-electron chi connectivity index (χ1n) is 11.6. The third-order valence-corrected chi connectivity index (χ3v) is 7.54. The van der Waals surface area contributed by atoms with E-state index in [1.165, 1.54) is 11.8 Å². The predicted octanol–water partition coefficient (Wildman–Crippen LogP) is 4.52. The molecule has 1 N–H and O–H groups in total. The van der Waals surface area contributed by atoms with Crippen LogP contribution in [0.4, 0.5) is 0 Å². The summed E-state index contributed by atoms with van der Waals surface area (Å²) in [5.41, 5.74) is 2.73. The molecule has 3 aromatic rings. The monoisotopic (exact) mass is 507 g/mol. The quantitative estimate of drug-likeness (QED) is 0.495. The lowest BCUT2D eigenvalue weighted by Gasteiger charge is -2.32. The smallest absolute Gasteiger partial charge is 0.258 e. The van der Waals surface area contributed by atoms with Crippen molar-refractivity contribution in [1.29, 1.82) is 5.26 Å². The SMILES string of the molecule is Cl.N#Cc1ccccc1C(=O)N1CCC(CCCNC(=O)C2=Cc3cnc4cccc(n34)S2)CC1. The molecule has 180 valence electrons. The van der Waals surface area contributed by atoms with E-state index in [0.717, 1.165) is 42.1 Å². The number of rotatable bonds is 6. The summed E-state index contributed by atoms with van der Waals surface area (Å²) in [6, 6.07) is 15.0. The summed E-state index contributed by atoms with van der Waals surface area (Å²) in [5.74, 6) is 0.437. The van der Waals surface area contributed by atoms with Gasteiger partial charge in [0.1, 0.15) is 5.65 Å². The number of benzene rings is 1. The minimum Gasteiger partial charge on any atom is -0.352 e. The molecule has 0 atom stereocenters. The van der Waals surface area contributed by atoms with Gasteiger partial charge in [-0.3, -0.25) is 14.0 Å². The molecule has 1 saturated heterocycles. The molecule has 2 aromatic heterocycles. The Labute approximate surface area is 214 Å². The lowest BCUT2D eigenvalue weighted by atomic mass is 9.91. The van der Waals surface area contributed by atoms with Crippen LogP contribution in [0.3, 0.4) is 0 Å². The third kappa shape index (κ3) is 5.21. The summed E-state index contributed by atoms with van der Waals surface area (Å²) >= 11 is 1.47. The highest BCUT2D eigenvalue weighted by Crippen LogP contribution is 2.34. The zero-order chi connectivity index (χ0) is 23.5. The molecule has 2 aliphatic rings. The molecular weight excluding hydrogens is 482 g/mol. The van der Waals surface area contributed by atoms with Gasteiger partial charge in [0.2, 0.25) is 0 Å². The normalized spacial score (nSPS) is 15.2. The molecule has 0 radical (unpaired) electrons. The average Bonchev–Trinajstić information content (AvgIpc) is 3.31. The number of halogens is 1. The molecule has 5 rings (SSSR count). The highest BCUT2D eigenvalue weighted by Gasteiger charge is 2.25. The van der Waals surface area contributed by atoms with Gasteiger partial charge in [0.15, 0.2) is 0 Å². The maximum atomic E-state index is 12.8. The Balaban J connectivity index is 0.00000289. The van der Waals surface area contributed by atoms with Gasteiger partial charge in [-0.2, -0.15) is 5.26 Å². The number of imidazole rings is 1. The number of pyridine rings is 1. The van der Waals surface area contributed by atoms with Crippen molar-refractivity contribution in [2.45, 2.75) is 30.7 Å². The van der Waals surface area contributed by atoms with Crippen molar-refractivity contribution >= 4 is 47.7 Å². The van der Waals surface area contributed by atoms with Gasteiger partial charge < -0.3 is 10.2 Å². The minimum atomic E-state index is -0.0573. The highest BCUT2D eigenvalue weighted by atomic mass is 35.5. The zero-order valence-corrected chi connectivity index (χ0v) is 20.8. The molecule has 1 fully saturated rings. The number of piperidine rings is 1. The lowest BCUT2D eigenvalue weighted by molar-refractivity contribution is -0.116. The van der Waals surface area contributed by atoms with E-state index >= 15 is 0 Å². The largest absolute Gasteiger partial charge is 0.352 e. The van der Waals surface area contributed by atoms with Gasteiger partial charge in [-0.25, -0.2) is 4.98 Å². The number of carbonyl (C=O) groups is 2. The van der Waals surface area contributed by atoms with Crippen LogP contribution in [0.2, 0.25) is 0 Å². The Morgan fingerprint density at radius 1 is 1.14 bits per heavy atom. The summed E-state index contributed by atoms with van der Waals surface area (Å²) < 4.78 is 2.05. The number of nitrogens with zero attached hydrogens (tertiary/aromatic N) is 4. The first-order valence-corrected chi connectivity index (χ1v) is 12.4. The number of nitriles is 1. The van der Waals surface area contributed by atoms with E-state index in [1.807, 2.05) is 29.2 Å². The number of thioether (sulfide) groups is 1. The number of nitrogens with one attached hydrogen (secondary N) is 1. The van der Waals surface area contributed by atoms with Gasteiger partial charge in [-0.05, 0) is 61.9 Å². The van der Waals surface area contributed by atoms with E-state index in [4.69, 9.17) is 0 Å². The second kappa shape index (κ2) is 11.0. The molecule has 9 heteroatoms. The van der Waals surface area contributed by atoms with E-state index in [9.17, 15) is 14.9 Å². The number of hydrogen-bond donors (Lipinski definition) is 1. The van der Waals surface area contributed by atoms with Crippen LogP contribution in [0, 0.1) is 17.2 Å². The van der Waals surface area contributed by atoms with Crippen LogP contribution in [0.25, 0.3) is 11.7 Å². The molecule has 4 heterocycles. The minimum absolute atomic E-state index is 0. The summed E-state index contributed by atoms with van der Waals surface area (Å²) in [7, 11) is 0. The van der Waals surface area contributed by atoms with Crippen molar-refractivity contribution in [3.05, 3.63) is 70.4 Å². The molecule has 2 aliphatic heterocycles. The zero-order valence-electron chi connectivity index (χ0n) is 19.1. The van der Waals surface area contributed by atoms with Crippen molar-refractivity contribution < 1.29 is 9.59 Å². The molecule has 0 saturated carbocycles. The average molecular weight is 508 g/mol. The van der Waals surface area contributed by atoms with E-state index in [1.54, 1.807) is 30.5 Å². The Morgan fingerprint density at radius 3 is 2.74 bits per heavy atom. The van der Waals surface area contributed by atoms with E-state index in [2.05, 4.69) is 20.8 Å². The lowest BCUT2D eigenvalue weighted by Crippen LogP contribution is -2.39. The molecule has 2 amide bonds. The van der Waals surface area contributed by atoms with Crippen molar-refractivity contribution in [2.24, 2.45) is 5.92 Å². The second-order valence-electron chi connectivity index (χ2n) is 8.64. The Kier molecular flexibility index (Phi) is 7.79. The number of amides is 2. The van der Waals surface area contributed by atoms with Crippen molar-refractivity contribution in [3.8, 4) is 6.07 Å². The van der Waals surface area contributed by atoms with Crippen LogP contribution in [0.1, 0.15) is 47.3 Å². The van der Waals surface area contributed by atoms with Gasteiger partial charge in [0, 0.05) is 19.6 Å². The van der Waals surface area contributed by atoms with Crippen LogP contribution in [-0.2, 0) is 4.79 Å². The van der Waals surface area contributed by atoms with Crippen LogP contribution < -0.4 is 5.32 Å². The first-order chi connectivity index (χ1) is 16.6. The fourth-order valence-corrected chi connectivity index (χ4v) is 5.65. The first kappa shape index (κ1) is 24.8. The number of carbonyl (C=O) groups excluding carboxylic acids is 2. The number of hydrogen-bond acceptors (Lipinski definition) is 5. The van der Waals surface area contributed by atoms with Crippen molar-refractivity contribution in [1.82, 2.24) is 19.6 Å². The van der Waals surface area contributed by atoms with E-state index < -0.39 is 0 Å². The third-order valence-electron chi connectivity index (χ3n) is 6.49. The van der Waals surface area contributed by atoms with Crippen molar-refractivity contribution in [2.75, 3.05) is 19.6 Å². The topological polar surface area (TPSA) is 90.5 Å². The molecule has 1 aromatic carbocycles. The summed E-state index contributed by atoms with van der Waals surface area (Å²) in [4.78, 5) is 32.4.